The molecule has 0 aromatic heterocycles. The predicted molar refractivity (Wildman–Crippen MR) is 54.9 cm³/mol. The molecule has 0 saturated carbocycles. The van der Waals surface area contributed by atoms with E-state index in [1.165, 1.54) is 0 Å². The summed E-state index contributed by atoms with van der Waals surface area (Å²) in [6.45, 7) is 2.64. The van der Waals surface area contributed by atoms with Crippen LogP contribution in [0.25, 0.3) is 0 Å². The first-order valence-corrected chi connectivity index (χ1v) is 5.07. The Morgan fingerprint density at radius 2 is 2.17 bits per heavy atom. The smallest absolute Gasteiger partial charge is 0.120 e. The number of alkyl halides is 1. The summed E-state index contributed by atoms with van der Waals surface area (Å²) < 4.78 is 6.34. The van der Waals surface area contributed by atoms with E-state index >= 15 is 0 Å². The highest BCUT2D eigenvalue weighted by Gasteiger charge is 1.98. The van der Waals surface area contributed by atoms with Crippen LogP contribution in [0.5, 0.6) is 5.75 Å². The molecule has 0 spiro atoms. The van der Waals surface area contributed by atoms with Gasteiger partial charge in [0.15, 0.2) is 0 Å². The molecule has 0 heterocycles. The second kappa shape index (κ2) is 4.73. The highest BCUT2D eigenvalue weighted by molar-refractivity contribution is 9.10. The van der Waals surface area contributed by atoms with Crippen molar-refractivity contribution in [3.63, 3.8) is 0 Å². The van der Waals surface area contributed by atoms with Gasteiger partial charge in [-0.25, -0.2) is 0 Å². The molecule has 0 atom stereocenters. The number of ether oxygens (including phenoxy) is 1. The van der Waals surface area contributed by atoms with Crippen LogP contribution in [0.2, 0.25) is 0 Å². The zero-order valence-electron chi connectivity index (χ0n) is 6.81. The van der Waals surface area contributed by atoms with Crippen LogP contribution in [0.15, 0.2) is 22.7 Å². The summed E-state index contributed by atoms with van der Waals surface area (Å²) in [5, 5.41) is 0. The second-order valence-electron chi connectivity index (χ2n) is 2.36. The zero-order valence-corrected chi connectivity index (χ0v) is 9.15. The van der Waals surface area contributed by atoms with E-state index in [1.54, 1.807) is 0 Å². The zero-order chi connectivity index (χ0) is 8.97. The fourth-order valence-corrected chi connectivity index (χ4v) is 1.62. The van der Waals surface area contributed by atoms with Crippen LogP contribution in [-0.2, 0) is 5.88 Å². The molecular formula is C9H10BrClO. The number of hydrogen-bond donors (Lipinski definition) is 0. The topological polar surface area (TPSA) is 9.23 Å². The molecule has 0 saturated heterocycles. The Labute approximate surface area is 85.8 Å². The summed E-state index contributed by atoms with van der Waals surface area (Å²) in [6, 6.07) is 5.86. The SMILES string of the molecule is CCOc1cc(Br)cc(CCl)c1. The minimum absolute atomic E-state index is 0.513. The molecule has 0 amide bonds. The summed E-state index contributed by atoms with van der Waals surface area (Å²) in [7, 11) is 0. The van der Waals surface area contributed by atoms with Crippen molar-refractivity contribution in [1.82, 2.24) is 0 Å². The van der Waals surface area contributed by atoms with Crippen LogP contribution >= 0.6 is 27.5 Å². The van der Waals surface area contributed by atoms with Crippen LogP contribution < -0.4 is 4.74 Å². The second-order valence-corrected chi connectivity index (χ2v) is 3.54. The van der Waals surface area contributed by atoms with Gasteiger partial charge in [0.05, 0.1) is 6.61 Å². The van der Waals surface area contributed by atoms with Gasteiger partial charge >= 0.3 is 0 Å². The lowest BCUT2D eigenvalue weighted by Gasteiger charge is -2.05. The molecule has 0 aliphatic carbocycles. The third-order valence-electron chi connectivity index (χ3n) is 1.40. The molecule has 0 aliphatic rings. The van der Waals surface area contributed by atoms with E-state index in [1.807, 2.05) is 25.1 Å². The summed E-state index contributed by atoms with van der Waals surface area (Å²) in [5.74, 6) is 1.38. The highest BCUT2D eigenvalue weighted by atomic mass is 79.9. The lowest BCUT2D eigenvalue weighted by atomic mass is 10.2. The summed E-state index contributed by atoms with van der Waals surface area (Å²) in [4.78, 5) is 0. The first-order valence-electron chi connectivity index (χ1n) is 3.74. The normalized spacial score (nSPS) is 9.92. The molecule has 1 aromatic carbocycles. The summed E-state index contributed by atoms with van der Waals surface area (Å²) >= 11 is 9.08. The molecule has 0 radical (unpaired) electrons. The van der Waals surface area contributed by atoms with Crippen molar-refractivity contribution < 1.29 is 4.74 Å². The van der Waals surface area contributed by atoms with Crippen molar-refractivity contribution >= 4 is 27.5 Å². The summed E-state index contributed by atoms with van der Waals surface area (Å²) in [6.07, 6.45) is 0. The molecule has 12 heavy (non-hydrogen) atoms. The molecule has 3 heteroatoms. The lowest BCUT2D eigenvalue weighted by Crippen LogP contribution is -1.92. The van der Waals surface area contributed by atoms with Crippen LogP contribution in [0.3, 0.4) is 0 Å². The van der Waals surface area contributed by atoms with Crippen molar-refractivity contribution in [2.75, 3.05) is 6.61 Å². The van der Waals surface area contributed by atoms with Crippen LogP contribution in [-0.4, -0.2) is 6.61 Å². The fourth-order valence-electron chi connectivity index (χ4n) is 0.948. The minimum Gasteiger partial charge on any atom is -0.494 e. The molecule has 66 valence electrons. The third-order valence-corrected chi connectivity index (χ3v) is 2.16. The van der Waals surface area contributed by atoms with Gasteiger partial charge in [0.2, 0.25) is 0 Å². The molecule has 0 aliphatic heterocycles. The van der Waals surface area contributed by atoms with Crippen LogP contribution in [0.1, 0.15) is 12.5 Å². The highest BCUT2D eigenvalue weighted by Crippen LogP contribution is 2.22. The van der Waals surface area contributed by atoms with Crippen LogP contribution in [0, 0.1) is 0 Å². The Bertz CT molecular complexity index is 263. The van der Waals surface area contributed by atoms with Crippen molar-refractivity contribution in [3.05, 3.63) is 28.2 Å². The lowest BCUT2D eigenvalue weighted by molar-refractivity contribution is 0.340. The van der Waals surface area contributed by atoms with Gasteiger partial charge in [-0.3, -0.25) is 0 Å². The maximum absolute atomic E-state index is 5.69. The molecule has 1 aromatic rings. The van der Waals surface area contributed by atoms with Gasteiger partial charge in [-0.1, -0.05) is 15.9 Å². The van der Waals surface area contributed by atoms with E-state index in [2.05, 4.69) is 15.9 Å². The number of benzene rings is 1. The van der Waals surface area contributed by atoms with Gasteiger partial charge in [-0.2, -0.15) is 0 Å². The van der Waals surface area contributed by atoms with Gasteiger partial charge < -0.3 is 4.74 Å². The van der Waals surface area contributed by atoms with Gasteiger partial charge in [0.25, 0.3) is 0 Å². The molecule has 0 bridgehead atoms. The Balaban J connectivity index is 2.90. The molecule has 0 fully saturated rings. The van der Waals surface area contributed by atoms with E-state index in [4.69, 9.17) is 16.3 Å². The Hall–Kier alpha value is -0.210. The molecular weight excluding hydrogens is 239 g/mol. The standard InChI is InChI=1S/C9H10BrClO/c1-2-12-9-4-7(6-11)3-8(10)5-9/h3-5H,2,6H2,1H3. The summed E-state index contributed by atoms with van der Waals surface area (Å²) in [5.41, 5.74) is 1.06. The number of rotatable bonds is 3. The number of halogens is 2. The minimum atomic E-state index is 0.513. The molecule has 0 unspecified atom stereocenters. The largest absolute Gasteiger partial charge is 0.494 e. The van der Waals surface area contributed by atoms with Gasteiger partial charge in [0.1, 0.15) is 5.75 Å². The van der Waals surface area contributed by atoms with Crippen LogP contribution in [0.4, 0.5) is 0 Å². The van der Waals surface area contributed by atoms with E-state index in [-0.39, 0.29) is 0 Å². The first kappa shape index (κ1) is 9.87. The van der Waals surface area contributed by atoms with E-state index in [0.29, 0.717) is 12.5 Å². The van der Waals surface area contributed by atoms with Crippen molar-refractivity contribution in [3.8, 4) is 5.75 Å². The van der Waals surface area contributed by atoms with Gasteiger partial charge in [0, 0.05) is 10.4 Å². The van der Waals surface area contributed by atoms with E-state index < -0.39 is 0 Å². The quantitative estimate of drug-likeness (QED) is 0.744. The molecule has 1 nitrogen and oxygen atoms in total. The predicted octanol–water partition coefficient (Wildman–Crippen LogP) is 3.59. The maximum Gasteiger partial charge on any atom is 0.120 e. The average Bonchev–Trinajstić information content (AvgIpc) is 2.04. The van der Waals surface area contributed by atoms with Crippen molar-refractivity contribution in [1.29, 1.82) is 0 Å². The van der Waals surface area contributed by atoms with E-state index in [9.17, 15) is 0 Å². The van der Waals surface area contributed by atoms with Crippen molar-refractivity contribution in [2.45, 2.75) is 12.8 Å². The first-order chi connectivity index (χ1) is 5.76. The van der Waals surface area contributed by atoms with Gasteiger partial charge in [-0.15, -0.1) is 11.6 Å². The average molecular weight is 250 g/mol. The van der Waals surface area contributed by atoms with Gasteiger partial charge in [-0.05, 0) is 30.7 Å². The van der Waals surface area contributed by atoms with Crippen molar-refractivity contribution in [2.24, 2.45) is 0 Å². The Morgan fingerprint density at radius 1 is 1.42 bits per heavy atom. The fraction of sp³-hybridized carbons (Fsp3) is 0.333. The Kier molecular flexibility index (Phi) is 3.89. The Morgan fingerprint density at radius 3 is 2.75 bits per heavy atom. The third kappa shape index (κ3) is 2.68. The van der Waals surface area contributed by atoms with E-state index in [0.717, 1.165) is 15.8 Å². The molecule has 1 rings (SSSR count). The molecule has 0 N–H and O–H groups in total. The number of hydrogen-bond acceptors (Lipinski definition) is 1. The monoisotopic (exact) mass is 248 g/mol. The maximum atomic E-state index is 5.69.